The maximum atomic E-state index is 12.7. The molecule has 1 spiro atoms. The summed E-state index contributed by atoms with van der Waals surface area (Å²) in [6, 6.07) is 9.44. The Labute approximate surface area is 295 Å². The molecule has 3 heterocycles. The van der Waals surface area contributed by atoms with Crippen molar-refractivity contribution in [2.24, 2.45) is 22.7 Å². The van der Waals surface area contributed by atoms with E-state index in [1.54, 1.807) is 0 Å². The molecule has 4 aliphatic carbocycles. The van der Waals surface area contributed by atoms with Gasteiger partial charge in [-0.25, -0.2) is 0 Å². The average Bonchev–Trinajstić information content (AvgIpc) is 3.38. The van der Waals surface area contributed by atoms with Gasteiger partial charge < -0.3 is 34.1 Å². The molecule has 3 aliphatic heterocycles. The summed E-state index contributed by atoms with van der Waals surface area (Å²) in [5.41, 5.74) is 3.60. The molecule has 1 unspecified atom stereocenters. The number of piperidine rings is 1. The number of anilines is 1. The van der Waals surface area contributed by atoms with Crippen molar-refractivity contribution in [1.29, 1.82) is 0 Å². The molecule has 7 nitrogen and oxygen atoms in total. The topological polar surface area (TPSA) is 80.6 Å². The summed E-state index contributed by atoms with van der Waals surface area (Å²) < 4.78 is 24.9. The monoisotopic (exact) mass is 677 g/mol. The highest BCUT2D eigenvalue weighted by molar-refractivity contribution is 5.51. The normalized spacial score (nSPS) is 40.1. The summed E-state index contributed by atoms with van der Waals surface area (Å²) in [5.74, 6) is 0.285. The summed E-state index contributed by atoms with van der Waals surface area (Å²) in [5, 5.41) is 25.3. The molecule has 3 saturated carbocycles. The Morgan fingerprint density at radius 2 is 1.65 bits per heavy atom. The van der Waals surface area contributed by atoms with Crippen LogP contribution in [0.5, 0.6) is 0 Å². The molecule has 1 aromatic rings. The molecule has 7 atom stereocenters. The van der Waals surface area contributed by atoms with Gasteiger partial charge >= 0.3 is 0 Å². The number of benzene rings is 1. The predicted molar refractivity (Wildman–Crippen MR) is 191 cm³/mol. The van der Waals surface area contributed by atoms with Crippen LogP contribution >= 0.6 is 0 Å². The van der Waals surface area contributed by atoms with Gasteiger partial charge in [-0.05, 0) is 125 Å². The predicted octanol–water partition coefficient (Wildman–Crippen LogP) is 8.03. The molecule has 0 bridgehead atoms. The average molecular weight is 678 g/mol. The maximum absolute atomic E-state index is 12.7. The van der Waals surface area contributed by atoms with Gasteiger partial charge in [-0.15, -0.1) is 0 Å². The number of fused-ring (bicyclic) bond motifs is 4. The van der Waals surface area contributed by atoms with E-state index in [9.17, 15) is 10.2 Å². The van der Waals surface area contributed by atoms with Gasteiger partial charge in [-0.2, -0.15) is 0 Å². The van der Waals surface area contributed by atoms with Crippen LogP contribution in [0.25, 0.3) is 0 Å². The standard InChI is InChI=1S/C42H63NO6/c1-38(2)28-48-42(49-29-38)21-17-35-37-32(15-19-40(35,44)27-42)34-16-20-41(45,18-9-25-47-36-10-5-8-24-46-36)39(34,3)26-33(37)30-11-13-31(14-12-30)43-22-6-4-7-23-43/h11-14,32-34,36,44-45H,4-10,15-29H2,1-3H3/t32-,33+,34-,36?,39-,40+,41-/m0/s1. The Hall–Kier alpha value is -1.48. The largest absolute Gasteiger partial charge is 0.389 e. The van der Waals surface area contributed by atoms with Crippen molar-refractivity contribution in [2.75, 3.05) is 44.4 Å². The van der Waals surface area contributed by atoms with Crippen molar-refractivity contribution in [2.45, 2.75) is 153 Å². The number of hydrogen-bond donors (Lipinski definition) is 2. The van der Waals surface area contributed by atoms with Gasteiger partial charge in [0, 0.05) is 61.6 Å². The lowest BCUT2D eigenvalue weighted by Gasteiger charge is -2.58. The van der Waals surface area contributed by atoms with Crippen LogP contribution in [0.4, 0.5) is 5.69 Å². The second kappa shape index (κ2) is 13.2. The molecule has 6 fully saturated rings. The number of ether oxygens (including phenoxy) is 4. The van der Waals surface area contributed by atoms with E-state index in [1.165, 1.54) is 48.1 Å². The van der Waals surface area contributed by atoms with E-state index in [0.29, 0.717) is 38.1 Å². The minimum Gasteiger partial charge on any atom is -0.389 e. The van der Waals surface area contributed by atoms with Crippen LogP contribution in [-0.2, 0) is 18.9 Å². The van der Waals surface area contributed by atoms with Gasteiger partial charge in [-0.3, -0.25) is 0 Å². The van der Waals surface area contributed by atoms with Crippen LogP contribution in [0, 0.1) is 22.7 Å². The van der Waals surface area contributed by atoms with Gasteiger partial charge in [0.25, 0.3) is 0 Å². The highest BCUT2D eigenvalue weighted by atomic mass is 16.7. The minimum absolute atomic E-state index is 0.00140. The zero-order valence-corrected chi connectivity index (χ0v) is 30.6. The fraction of sp³-hybridized carbons (Fsp3) is 0.810. The van der Waals surface area contributed by atoms with Crippen molar-refractivity contribution >= 4 is 5.69 Å². The molecule has 0 radical (unpaired) electrons. The van der Waals surface area contributed by atoms with Crippen molar-refractivity contribution in [1.82, 2.24) is 0 Å². The van der Waals surface area contributed by atoms with Gasteiger partial charge in [0.2, 0.25) is 0 Å². The first-order valence-corrected chi connectivity index (χ1v) is 20.1. The number of hydrogen-bond acceptors (Lipinski definition) is 7. The summed E-state index contributed by atoms with van der Waals surface area (Å²) in [7, 11) is 0. The first-order chi connectivity index (χ1) is 23.5. The zero-order valence-electron chi connectivity index (χ0n) is 30.6. The number of nitrogens with zero attached hydrogens (tertiary/aromatic N) is 1. The van der Waals surface area contributed by atoms with Crippen LogP contribution in [0.3, 0.4) is 0 Å². The van der Waals surface area contributed by atoms with Gasteiger partial charge in [0.15, 0.2) is 12.1 Å². The van der Waals surface area contributed by atoms with Crippen molar-refractivity contribution in [3.63, 3.8) is 0 Å². The van der Waals surface area contributed by atoms with E-state index in [2.05, 4.69) is 49.9 Å². The van der Waals surface area contributed by atoms with E-state index in [0.717, 1.165) is 90.3 Å². The number of aliphatic hydroxyl groups is 2. The van der Waals surface area contributed by atoms with Crippen LogP contribution in [0.15, 0.2) is 35.4 Å². The summed E-state index contributed by atoms with van der Waals surface area (Å²) in [6.07, 6.45) is 15.3. The number of allylic oxidation sites excluding steroid dienone is 1. The molecule has 7 aliphatic rings. The highest BCUT2D eigenvalue weighted by Crippen LogP contribution is 2.68. The SMILES string of the molecule is CC1(C)COC2(CCC3=C4[C@@H](CC[C@@]3(O)C2)[C@@H]2CC[C@@](O)(CCCOC3CCCCO3)[C@@]2(C)C[C@@H]4c2ccc(N3CCCCC3)cc2)OC1. The quantitative estimate of drug-likeness (QED) is 0.224. The van der Waals surface area contributed by atoms with Crippen molar-refractivity contribution in [3.05, 3.63) is 41.0 Å². The second-order valence-electron chi connectivity index (χ2n) is 18.2. The van der Waals surface area contributed by atoms with E-state index in [-0.39, 0.29) is 23.0 Å². The zero-order chi connectivity index (χ0) is 33.9. The summed E-state index contributed by atoms with van der Waals surface area (Å²) >= 11 is 0. The van der Waals surface area contributed by atoms with E-state index in [4.69, 9.17) is 18.9 Å². The molecule has 7 heteroatoms. The van der Waals surface area contributed by atoms with E-state index < -0.39 is 17.0 Å². The summed E-state index contributed by atoms with van der Waals surface area (Å²) in [4.78, 5) is 2.54. The first kappa shape index (κ1) is 34.6. The Morgan fingerprint density at radius 3 is 2.39 bits per heavy atom. The molecule has 2 N–H and O–H groups in total. The molecule has 49 heavy (non-hydrogen) atoms. The lowest BCUT2D eigenvalue weighted by molar-refractivity contribution is -0.322. The van der Waals surface area contributed by atoms with Crippen molar-refractivity contribution < 1.29 is 29.2 Å². The fourth-order valence-electron chi connectivity index (χ4n) is 11.5. The van der Waals surface area contributed by atoms with E-state index in [1.807, 2.05) is 0 Å². The Balaban J connectivity index is 1.09. The minimum atomic E-state index is -0.904. The molecular formula is C42H63NO6. The molecule has 0 amide bonds. The summed E-state index contributed by atoms with van der Waals surface area (Å²) in [6.45, 7) is 11.8. The molecule has 1 aromatic carbocycles. The Kier molecular flexibility index (Phi) is 9.31. The second-order valence-corrected chi connectivity index (χ2v) is 18.2. The third kappa shape index (κ3) is 6.35. The van der Waals surface area contributed by atoms with E-state index >= 15 is 0 Å². The Morgan fingerprint density at radius 1 is 0.878 bits per heavy atom. The van der Waals surface area contributed by atoms with Crippen LogP contribution in [0.1, 0.15) is 135 Å². The highest BCUT2D eigenvalue weighted by Gasteiger charge is 2.64. The van der Waals surface area contributed by atoms with Crippen LogP contribution in [-0.4, -0.2) is 73.0 Å². The van der Waals surface area contributed by atoms with Crippen LogP contribution < -0.4 is 4.90 Å². The van der Waals surface area contributed by atoms with Gasteiger partial charge in [0.05, 0.1) is 24.4 Å². The fourth-order valence-corrected chi connectivity index (χ4v) is 11.5. The molecule has 8 rings (SSSR count). The third-order valence-electron chi connectivity index (χ3n) is 14.4. The number of rotatable bonds is 7. The molecule has 0 aromatic heterocycles. The van der Waals surface area contributed by atoms with Crippen molar-refractivity contribution in [3.8, 4) is 0 Å². The smallest absolute Gasteiger partial charge is 0.171 e. The maximum Gasteiger partial charge on any atom is 0.171 e. The molecule has 3 saturated heterocycles. The third-order valence-corrected chi connectivity index (χ3v) is 14.4. The lowest BCUT2D eigenvalue weighted by atomic mass is 9.49. The van der Waals surface area contributed by atoms with Crippen LogP contribution in [0.2, 0.25) is 0 Å². The lowest BCUT2D eigenvalue weighted by Crippen LogP contribution is -2.58. The molecule has 272 valence electrons. The van der Waals surface area contributed by atoms with Gasteiger partial charge in [-0.1, -0.05) is 38.5 Å². The van der Waals surface area contributed by atoms with Gasteiger partial charge in [0.1, 0.15) is 0 Å². The molecular weight excluding hydrogens is 614 g/mol. The Bertz CT molecular complexity index is 1350. The first-order valence-electron chi connectivity index (χ1n) is 20.1.